The van der Waals surface area contributed by atoms with Crippen molar-refractivity contribution in [3.63, 3.8) is 0 Å². The molecule has 0 aromatic heterocycles. The molecule has 0 unspecified atom stereocenters. The molecule has 0 saturated carbocycles. The molecule has 0 nitrogen and oxygen atoms in total. The van der Waals surface area contributed by atoms with Crippen LogP contribution in [0.1, 0.15) is 0 Å². The van der Waals surface area contributed by atoms with E-state index in [1.807, 2.05) is 0 Å². The molecule has 17 heteroatoms. The molecule has 3 aromatic rings. The van der Waals surface area contributed by atoms with Gasteiger partial charge in [0.1, 0.15) is 0 Å². The van der Waals surface area contributed by atoms with Gasteiger partial charge in [0.2, 0.25) is 0 Å². The van der Waals surface area contributed by atoms with Crippen LogP contribution in [0.5, 0.6) is 0 Å². The fourth-order valence-corrected chi connectivity index (χ4v) is 3.06. The Labute approximate surface area is 193 Å². The van der Waals surface area contributed by atoms with Crippen LogP contribution in [0.2, 0.25) is 0 Å². The number of halogens is 15. The summed E-state index contributed by atoms with van der Waals surface area (Å²) in [6.07, 6.45) is 0. The molecule has 0 bridgehead atoms. The quantitative estimate of drug-likeness (QED) is 0.191. The van der Waals surface area contributed by atoms with E-state index in [0.29, 0.717) is 0 Å². The third-order valence-corrected chi connectivity index (χ3v) is 4.60. The van der Waals surface area contributed by atoms with Crippen molar-refractivity contribution in [2.24, 2.45) is 0 Å². The summed E-state index contributed by atoms with van der Waals surface area (Å²) in [5.74, 6) is -45.2. The van der Waals surface area contributed by atoms with Crippen molar-refractivity contribution < 1.29 is 82.3 Å². The van der Waals surface area contributed by atoms with Crippen LogP contribution in [-0.2, 0) is 16.5 Å². The molecule has 35 heavy (non-hydrogen) atoms. The van der Waals surface area contributed by atoms with Crippen molar-refractivity contribution >= 4 is 23.1 Å². The van der Waals surface area contributed by atoms with Crippen LogP contribution in [0.25, 0.3) is 0 Å². The zero-order valence-electron chi connectivity index (χ0n) is 15.6. The fraction of sp³-hybridized carbons (Fsp3) is 0. The van der Waals surface area contributed by atoms with Gasteiger partial charge in [0.15, 0.2) is 87.3 Å². The summed E-state index contributed by atoms with van der Waals surface area (Å²) in [4.78, 5) is 0. The molecule has 0 aliphatic rings. The molecule has 190 valence electrons. The van der Waals surface area contributed by atoms with E-state index >= 15 is 0 Å². The molecule has 0 aliphatic heterocycles. The second kappa shape index (κ2) is 9.67. The van der Waals surface area contributed by atoms with Crippen LogP contribution in [0, 0.1) is 87.3 Å². The monoisotopic (exact) mass is 570 g/mol. The number of hydrogen-bond donors (Lipinski definition) is 0. The summed E-state index contributed by atoms with van der Waals surface area (Å²) in [7, 11) is 0. The van der Waals surface area contributed by atoms with Crippen molar-refractivity contribution in [1.29, 1.82) is 0 Å². The van der Waals surface area contributed by atoms with Crippen LogP contribution in [0.15, 0.2) is 0 Å². The van der Waals surface area contributed by atoms with E-state index in [0.717, 1.165) is 0 Å². The molecule has 0 saturated heterocycles. The zero-order valence-corrected chi connectivity index (χ0v) is 16.6. The van der Waals surface area contributed by atoms with Gasteiger partial charge in [0.05, 0.1) is 0 Å². The Balaban J connectivity index is 0.00000432. The number of hydrogen-bond acceptors (Lipinski definition) is 0. The largest absolute Gasteiger partial charge is 0.265 e. The standard InChI is InChI=1S/C18BF15.Ni/c20-4-1(5(21)11(27)16(32)10(4)26)19(2-6(22)12(28)17(33)13(29)7(2)23)3-8(24)14(30)18(34)15(31)9(3)25;. The molecule has 0 heterocycles. The topological polar surface area (TPSA) is 0 Å². The van der Waals surface area contributed by atoms with Crippen LogP contribution >= 0.6 is 0 Å². The molecule has 0 fully saturated rings. The first kappa shape index (κ1) is 28.4. The second-order valence-corrected chi connectivity index (χ2v) is 6.38. The van der Waals surface area contributed by atoms with Gasteiger partial charge in [-0.15, -0.1) is 0 Å². The first-order valence-electron chi connectivity index (χ1n) is 8.20. The van der Waals surface area contributed by atoms with Gasteiger partial charge in [-0.2, -0.15) is 0 Å². The Kier molecular flexibility index (Phi) is 7.85. The third-order valence-electron chi connectivity index (χ3n) is 4.60. The second-order valence-electron chi connectivity index (χ2n) is 6.38. The Bertz CT molecular complexity index is 1120. The van der Waals surface area contributed by atoms with E-state index in [9.17, 15) is 65.9 Å². The van der Waals surface area contributed by atoms with Crippen LogP contribution in [0.4, 0.5) is 65.9 Å². The predicted molar refractivity (Wildman–Crippen MR) is 83.4 cm³/mol. The van der Waals surface area contributed by atoms with Crippen LogP contribution in [0.3, 0.4) is 0 Å². The maximum atomic E-state index is 14.4. The fourth-order valence-electron chi connectivity index (χ4n) is 3.06. The summed E-state index contributed by atoms with van der Waals surface area (Å²) in [6.45, 7) is -3.96. The molecule has 3 rings (SSSR count). The van der Waals surface area contributed by atoms with Gasteiger partial charge in [-0.05, 0) is 0 Å². The first-order chi connectivity index (χ1) is 15.7. The minimum Gasteiger partial charge on any atom is -0.204 e. The molecular formula is C18BF15Ni. The van der Waals surface area contributed by atoms with Crippen molar-refractivity contribution in [3.05, 3.63) is 87.3 Å². The van der Waals surface area contributed by atoms with E-state index in [2.05, 4.69) is 0 Å². The molecule has 3 aromatic carbocycles. The summed E-state index contributed by atoms with van der Waals surface area (Å²) >= 11 is 0. The summed E-state index contributed by atoms with van der Waals surface area (Å²) in [5.41, 5.74) is -8.03. The third kappa shape index (κ3) is 4.03. The van der Waals surface area contributed by atoms with Crippen LogP contribution < -0.4 is 16.4 Å². The molecule has 0 amide bonds. The molecule has 0 atom stereocenters. The van der Waals surface area contributed by atoms with Crippen molar-refractivity contribution in [1.82, 2.24) is 0 Å². The Morgan fingerprint density at radius 3 is 0.486 bits per heavy atom. The summed E-state index contributed by atoms with van der Waals surface area (Å²) in [6, 6.07) is 0. The molecule has 0 aliphatic carbocycles. The van der Waals surface area contributed by atoms with Crippen molar-refractivity contribution in [2.45, 2.75) is 0 Å². The SMILES string of the molecule is Fc1c(F)c(F)c(B(c2c(F)c(F)c(F)c(F)c2F)c2c(F)c(F)c(F)c(F)c2F)c(F)c1F.[Ni]. The van der Waals surface area contributed by atoms with Crippen LogP contribution in [-0.4, -0.2) is 6.71 Å². The van der Waals surface area contributed by atoms with Gasteiger partial charge in [-0.25, -0.2) is 65.9 Å². The van der Waals surface area contributed by atoms with Gasteiger partial charge < -0.3 is 0 Å². The molecule has 0 N–H and O–H groups in total. The van der Waals surface area contributed by atoms with Crippen molar-refractivity contribution in [2.75, 3.05) is 0 Å². The van der Waals surface area contributed by atoms with E-state index < -0.39 is 110 Å². The smallest absolute Gasteiger partial charge is 0.204 e. The van der Waals surface area contributed by atoms with E-state index in [4.69, 9.17) is 0 Å². The minimum absolute atomic E-state index is 0. The maximum absolute atomic E-state index is 14.4. The first-order valence-corrected chi connectivity index (χ1v) is 8.20. The van der Waals surface area contributed by atoms with E-state index in [-0.39, 0.29) is 16.5 Å². The zero-order chi connectivity index (χ0) is 26.0. The normalized spacial score (nSPS) is 11.1. The van der Waals surface area contributed by atoms with Gasteiger partial charge >= 0.3 is 0 Å². The van der Waals surface area contributed by atoms with Gasteiger partial charge in [-0.3, -0.25) is 0 Å². The van der Waals surface area contributed by atoms with Gasteiger partial charge in [0, 0.05) is 32.9 Å². The number of benzene rings is 3. The predicted octanol–water partition coefficient (Wildman–Crippen LogP) is 4.29. The Morgan fingerprint density at radius 2 is 0.343 bits per heavy atom. The summed E-state index contributed by atoms with van der Waals surface area (Å²) < 4.78 is 209. The molecule has 0 spiro atoms. The van der Waals surface area contributed by atoms with E-state index in [1.54, 1.807) is 0 Å². The minimum atomic E-state index is -3.96. The van der Waals surface area contributed by atoms with E-state index in [1.165, 1.54) is 0 Å². The van der Waals surface area contributed by atoms with Gasteiger partial charge in [0.25, 0.3) is 6.71 Å². The van der Waals surface area contributed by atoms with Crippen molar-refractivity contribution in [3.8, 4) is 0 Å². The summed E-state index contributed by atoms with van der Waals surface area (Å²) in [5, 5.41) is 0. The Morgan fingerprint density at radius 1 is 0.229 bits per heavy atom. The average Bonchev–Trinajstić information content (AvgIpc) is 2.81. The number of rotatable bonds is 3. The Hall–Kier alpha value is -2.83. The molecule has 0 radical (unpaired) electrons. The van der Waals surface area contributed by atoms with Gasteiger partial charge in [-0.1, -0.05) is 0 Å². The average molecular weight is 571 g/mol. The molecular weight excluding hydrogens is 571 g/mol. The maximum Gasteiger partial charge on any atom is 0.265 e.